The maximum atomic E-state index is 14.4. The molecule has 1 amide bonds. The normalized spacial score (nSPS) is 19.2. The molecule has 264 valence electrons. The molecule has 0 saturated heterocycles. The van der Waals surface area contributed by atoms with E-state index in [0.29, 0.717) is 0 Å². The molecule has 0 fully saturated rings. The molecular weight excluding hydrogens is 707 g/mol. The maximum absolute atomic E-state index is 14.4. The Kier molecular flexibility index (Phi) is 10.9. The molecule has 3 unspecified atom stereocenters. The zero-order chi connectivity index (χ0) is 36.2. The van der Waals surface area contributed by atoms with E-state index < -0.39 is 90.3 Å². The van der Waals surface area contributed by atoms with Crippen LogP contribution in [0.2, 0.25) is 0 Å². The van der Waals surface area contributed by atoms with Gasteiger partial charge in [-0.2, -0.15) is 101 Å². The Balaban J connectivity index is 7.36. The lowest BCUT2D eigenvalue weighted by Crippen LogP contribution is -2.71. The molecule has 0 aromatic carbocycles. The van der Waals surface area contributed by atoms with E-state index in [2.05, 4.69) is 0 Å². The first-order valence-electron chi connectivity index (χ1n) is 9.97. The Hall–Kier alpha value is -2.26. The highest BCUT2D eigenvalue weighted by Gasteiger charge is 2.88. The van der Waals surface area contributed by atoms with Gasteiger partial charge in [-0.1, -0.05) is 6.92 Å². The van der Waals surface area contributed by atoms with Crippen LogP contribution in [-0.2, 0) is 19.0 Å². The molecule has 28 heteroatoms. The largest absolute Gasteiger partial charge is 0.462 e. The zero-order valence-corrected chi connectivity index (χ0v) is 20.2. The minimum absolute atomic E-state index is 0.0690. The molecule has 0 spiro atoms. The van der Waals surface area contributed by atoms with E-state index in [1.807, 2.05) is 4.74 Å². The highest BCUT2D eigenvalue weighted by molar-refractivity contribution is 5.84. The fraction of sp³-hybridized carbons (Fsp3) is 0.938. The minimum atomic E-state index is -8.73. The van der Waals surface area contributed by atoms with E-state index in [9.17, 15) is 106 Å². The summed E-state index contributed by atoms with van der Waals surface area (Å²) in [5.41, 5.74) is 0. The Bertz CT molecular complexity index is 1020. The molecule has 44 heavy (non-hydrogen) atoms. The van der Waals surface area contributed by atoms with Gasteiger partial charge < -0.3 is 4.90 Å². The van der Waals surface area contributed by atoms with Crippen molar-refractivity contribution in [1.82, 2.24) is 4.90 Å². The van der Waals surface area contributed by atoms with Crippen LogP contribution in [0.25, 0.3) is 0 Å². The second-order valence-corrected chi connectivity index (χ2v) is 7.93. The van der Waals surface area contributed by atoms with Gasteiger partial charge in [0, 0.05) is 13.6 Å². The molecule has 3 atom stereocenters. The Morgan fingerprint density at radius 3 is 1.09 bits per heavy atom. The first-order chi connectivity index (χ1) is 18.8. The summed E-state index contributed by atoms with van der Waals surface area (Å²) in [6, 6.07) is 0. The van der Waals surface area contributed by atoms with Crippen molar-refractivity contribution in [2.24, 2.45) is 0 Å². The second kappa shape index (κ2) is 11.5. The number of amides is 1. The van der Waals surface area contributed by atoms with Gasteiger partial charge in [0.1, 0.15) is 0 Å². The molecule has 0 bridgehead atoms. The van der Waals surface area contributed by atoms with Gasteiger partial charge in [0.05, 0.1) is 0 Å². The number of likely N-dealkylation sites (N-methyl/N-ethyl adjacent to an activating group) is 1. The van der Waals surface area contributed by atoms with Crippen LogP contribution in [0.5, 0.6) is 0 Å². The summed E-state index contributed by atoms with van der Waals surface area (Å²) in [5, 5.41) is 0. The van der Waals surface area contributed by atoms with E-state index in [4.69, 9.17) is 0 Å². The molecule has 0 rings (SSSR count). The first kappa shape index (κ1) is 41.7. The van der Waals surface area contributed by atoms with Crippen molar-refractivity contribution >= 4 is 5.91 Å². The number of alkyl halides is 23. The third-order valence-corrected chi connectivity index (χ3v) is 4.55. The van der Waals surface area contributed by atoms with Crippen LogP contribution in [-0.4, -0.2) is 90.9 Å². The van der Waals surface area contributed by atoms with Gasteiger partial charge in [-0.15, -0.1) is 0 Å². The van der Waals surface area contributed by atoms with Gasteiger partial charge in [-0.3, -0.25) is 19.0 Å². The third kappa shape index (κ3) is 7.09. The molecule has 0 aliphatic heterocycles. The summed E-state index contributed by atoms with van der Waals surface area (Å²) >= 11 is 0. The van der Waals surface area contributed by atoms with Crippen LogP contribution >= 0.6 is 0 Å². The van der Waals surface area contributed by atoms with Gasteiger partial charge in [-0.05, 0) is 6.42 Å². The number of carbonyl (C=O) groups excluding carboxylic acids is 1. The Morgan fingerprint density at radius 1 is 0.500 bits per heavy atom. The van der Waals surface area contributed by atoms with Crippen molar-refractivity contribution in [1.29, 1.82) is 0 Å². The average molecular weight is 717 g/mol. The van der Waals surface area contributed by atoms with Gasteiger partial charge in [0.25, 0.3) is 5.91 Å². The van der Waals surface area contributed by atoms with Gasteiger partial charge >= 0.3 is 66.5 Å². The number of hydrogen-bond acceptors (Lipinski definition) is 4. The number of nitrogens with zero attached hydrogens (tertiary/aromatic N) is 1. The molecule has 0 radical (unpaired) electrons. The quantitative estimate of drug-likeness (QED) is 0.196. The van der Waals surface area contributed by atoms with Crippen molar-refractivity contribution in [3.05, 3.63) is 0 Å². The molecule has 0 aliphatic rings. The lowest BCUT2D eigenvalue weighted by molar-refractivity contribution is -0.577. The lowest BCUT2D eigenvalue weighted by atomic mass is 10.2. The van der Waals surface area contributed by atoms with Crippen molar-refractivity contribution in [2.45, 2.75) is 79.9 Å². The highest BCUT2D eigenvalue weighted by Crippen LogP contribution is 2.59. The number of ether oxygens (including phenoxy) is 3. The summed E-state index contributed by atoms with van der Waals surface area (Å²) in [6.07, 6.45) is -57.9. The number of hydrogen-bond donors (Lipinski definition) is 0. The lowest BCUT2D eigenvalue weighted by Gasteiger charge is -2.43. The third-order valence-electron chi connectivity index (χ3n) is 4.55. The van der Waals surface area contributed by atoms with E-state index in [-0.39, 0.29) is 7.05 Å². The topological polar surface area (TPSA) is 48.0 Å². The number of halogens is 23. The van der Waals surface area contributed by atoms with Crippen molar-refractivity contribution in [2.75, 3.05) is 13.6 Å². The molecule has 0 aliphatic carbocycles. The van der Waals surface area contributed by atoms with Crippen molar-refractivity contribution in [3.8, 4) is 0 Å². The molecule has 0 aromatic heterocycles. The summed E-state index contributed by atoms with van der Waals surface area (Å²) < 4.78 is 309. The zero-order valence-electron chi connectivity index (χ0n) is 20.2. The number of carbonyl (C=O) groups is 1. The molecule has 0 saturated carbocycles. The monoisotopic (exact) mass is 717 g/mol. The maximum Gasteiger partial charge on any atom is 0.462 e. The van der Waals surface area contributed by atoms with E-state index >= 15 is 0 Å². The molecule has 0 N–H and O–H groups in total. The minimum Gasteiger partial charge on any atom is -0.340 e. The SMILES string of the molecule is CCCN(C)C(=O)C(F)(OC(F)(F)C(F)(OC(F)(F)C(F)(OC(F)(F)C(F)(F)C(F)(F)F)C(F)(F)F)C(F)(F)F)C(F)(F)F. The van der Waals surface area contributed by atoms with Crippen LogP contribution in [0, 0.1) is 0 Å². The summed E-state index contributed by atoms with van der Waals surface area (Å²) in [4.78, 5) is 11.0. The summed E-state index contributed by atoms with van der Waals surface area (Å²) in [6.45, 7) is -0.173. The molecule has 5 nitrogen and oxygen atoms in total. The predicted octanol–water partition coefficient (Wildman–Crippen LogP) is 7.56. The van der Waals surface area contributed by atoms with Crippen LogP contribution < -0.4 is 0 Å². The predicted molar refractivity (Wildman–Crippen MR) is 86.7 cm³/mol. The van der Waals surface area contributed by atoms with Crippen LogP contribution in [0.15, 0.2) is 0 Å². The number of rotatable bonds is 12. The Morgan fingerprint density at radius 2 is 0.818 bits per heavy atom. The van der Waals surface area contributed by atoms with Crippen molar-refractivity contribution in [3.63, 3.8) is 0 Å². The Labute approximate surface area is 225 Å². The smallest absolute Gasteiger partial charge is 0.340 e. The first-order valence-corrected chi connectivity index (χ1v) is 9.97. The average Bonchev–Trinajstić information content (AvgIpc) is 2.74. The van der Waals surface area contributed by atoms with Gasteiger partial charge in [-0.25, -0.2) is 0 Å². The van der Waals surface area contributed by atoms with E-state index in [1.165, 1.54) is 4.74 Å². The summed E-state index contributed by atoms with van der Waals surface area (Å²) in [5.74, 6) is -36.0. The van der Waals surface area contributed by atoms with Crippen LogP contribution in [0.3, 0.4) is 0 Å². The summed E-state index contributed by atoms with van der Waals surface area (Å²) in [7, 11) is 0.0690. The van der Waals surface area contributed by atoms with E-state index in [0.717, 1.165) is 11.7 Å². The molecule has 0 heterocycles. The fourth-order valence-electron chi connectivity index (χ4n) is 2.36. The fourth-order valence-corrected chi connectivity index (χ4v) is 2.36. The van der Waals surface area contributed by atoms with Crippen LogP contribution in [0.1, 0.15) is 13.3 Å². The highest BCUT2D eigenvalue weighted by atomic mass is 19.4. The van der Waals surface area contributed by atoms with Gasteiger partial charge in [0.2, 0.25) is 0 Å². The molecular formula is C16H10F23NO4. The van der Waals surface area contributed by atoms with Crippen molar-refractivity contribution < 1.29 is 120 Å². The molecule has 0 aromatic rings. The van der Waals surface area contributed by atoms with Crippen LogP contribution in [0.4, 0.5) is 101 Å². The van der Waals surface area contributed by atoms with Gasteiger partial charge in [0.15, 0.2) is 0 Å². The standard InChI is InChI=1S/C16H10F23NO4/c1-3-4-40(2)5(41)6(17,10(22,23)24)42-15(36,37)8(20,12(28,29)30)44-16(38,39)9(21,13(31,32)33)43-14(34,35)7(18,19)11(25,26)27/h3-4H2,1-2H3. The van der Waals surface area contributed by atoms with E-state index in [1.54, 1.807) is 0 Å². The second-order valence-electron chi connectivity index (χ2n) is 7.93.